The molecular formula is C36H49ClN6O4. The van der Waals surface area contributed by atoms with E-state index in [1.54, 1.807) is 11.2 Å². The SMILES string of the molecule is CC(=O)N[C@H](C(=O)NN(Cc1ccc(-c2ccccn2)cc1)C[C@H](O)[C@H](Cc1ccccc1)NC(=O)[C@@H](NCl)C(C)(C)C)C(C)(C)C. The molecule has 0 radical (unpaired) electrons. The summed E-state index contributed by atoms with van der Waals surface area (Å²) in [5.74, 6) is -1.11. The van der Waals surface area contributed by atoms with Crippen LogP contribution in [0.4, 0.5) is 0 Å². The Morgan fingerprint density at radius 3 is 1.96 bits per heavy atom. The third-order valence-corrected chi connectivity index (χ3v) is 7.99. The first-order valence-electron chi connectivity index (χ1n) is 15.8. The number of pyridine rings is 1. The van der Waals surface area contributed by atoms with Gasteiger partial charge in [0.25, 0.3) is 5.91 Å². The number of carbonyl (C=O) groups is 3. The summed E-state index contributed by atoms with van der Waals surface area (Å²) in [6.45, 7) is 12.9. The molecule has 0 unspecified atom stereocenters. The van der Waals surface area contributed by atoms with E-state index in [1.165, 1.54) is 6.92 Å². The Morgan fingerprint density at radius 2 is 1.43 bits per heavy atom. The number of rotatable bonds is 14. The first kappa shape index (κ1) is 37.6. The fourth-order valence-electron chi connectivity index (χ4n) is 5.16. The highest BCUT2D eigenvalue weighted by molar-refractivity contribution is 6.15. The third kappa shape index (κ3) is 11.7. The molecule has 0 aliphatic heterocycles. The average molecular weight is 665 g/mol. The molecule has 3 rings (SSSR count). The van der Waals surface area contributed by atoms with Gasteiger partial charge in [0.05, 0.1) is 17.8 Å². The monoisotopic (exact) mass is 664 g/mol. The summed E-state index contributed by atoms with van der Waals surface area (Å²) in [6.07, 6.45) is 0.960. The third-order valence-electron chi connectivity index (χ3n) is 7.77. The van der Waals surface area contributed by atoms with Gasteiger partial charge in [0.1, 0.15) is 12.1 Å². The number of amides is 3. The minimum atomic E-state index is -1.11. The molecule has 47 heavy (non-hydrogen) atoms. The highest BCUT2D eigenvalue weighted by Crippen LogP contribution is 2.22. The first-order valence-corrected chi connectivity index (χ1v) is 16.2. The Hall–Kier alpha value is -3.83. The van der Waals surface area contributed by atoms with Gasteiger partial charge >= 0.3 is 0 Å². The summed E-state index contributed by atoms with van der Waals surface area (Å²) in [4.78, 5) is 46.1. The number of nitrogens with zero attached hydrogens (tertiary/aromatic N) is 2. The highest BCUT2D eigenvalue weighted by atomic mass is 35.5. The number of nitrogens with one attached hydrogen (secondary N) is 4. The van der Waals surface area contributed by atoms with E-state index >= 15 is 0 Å². The van der Waals surface area contributed by atoms with Crippen LogP contribution in [0.15, 0.2) is 79.0 Å². The van der Waals surface area contributed by atoms with E-state index in [9.17, 15) is 19.5 Å². The molecule has 2 aromatic carbocycles. The van der Waals surface area contributed by atoms with Crippen LogP contribution in [0.5, 0.6) is 0 Å². The standard InChI is InChI=1S/C36H49ClN6O4/c1-24(44)39-31(35(2,3)4)34(47)42-43(22-26-16-18-27(19-17-26)28-15-11-12-20-38-28)23-30(45)29(21-25-13-9-8-10-14-25)40-33(46)32(41-37)36(5,6)7/h8-20,29-32,41,45H,21-23H2,1-7H3,(H,39,44)(H,40,46)(H,42,47)/t29-,30-,31+,32+/m0/s1. The highest BCUT2D eigenvalue weighted by Gasteiger charge is 2.36. The molecule has 11 heteroatoms. The van der Waals surface area contributed by atoms with Crippen LogP contribution in [0.25, 0.3) is 11.3 Å². The van der Waals surface area contributed by atoms with Crippen molar-refractivity contribution in [2.45, 2.75) is 85.7 Å². The first-order chi connectivity index (χ1) is 22.1. The van der Waals surface area contributed by atoms with Gasteiger partial charge in [-0.1, -0.05) is 102 Å². The number of carbonyl (C=O) groups excluding carboxylic acids is 3. The molecule has 0 bridgehead atoms. The van der Waals surface area contributed by atoms with Crippen LogP contribution in [-0.4, -0.2) is 63.6 Å². The Morgan fingerprint density at radius 1 is 0.809 bits per heavy atom. The van der Waals surface area contributed by atoms with Crippen molar-refractivity contribution >= 4 is 29.5 Å². The Balaban J connectivity index is 1.92. The minimum Gasteiger partial charge on any atom is -0.390 e. The molecule has 0 aliphatic rings. The molecule has 0 aliphatic carbocycles. The van der Waals surface area contributed by atoms with Crippen molar-refractivity contribution in [2.75, 3.05) is 6.54 Å². The topological polar surface area (TPSA) is 136 Å². The molecule has 0 fully saturated rings. The summed E-state index contributed by atoms with van der Waals surface area (Å²) in [6, 6.07) is 20.8. The lowest BCUT2D eigenvalue weighted by Gasteiger charge is -2.35. The largest absolute Gasteiger partial charge is 0.390 e. The molecule has 0 saturated carbocycles. The Kier molecular flexibility index (Phi) is 13.5. The lowest BCUT2D eigenvalue weighted by Crippen LogP contribution is -2.60. The number of halogens is 1. The number of hydrogen-bond donors (Lipinski definition) is 5. The number of hydrogen-bond acceptors (Lipinski definition) is 7. The summed E-state index contributed by atoms with van der Waals surface area (Å²) in [5, 5.41) is 19.1. The van der Waals surface area contributed by atoms with E-state index in [0.29, 0.717) is 6.42 Å². The predicted molar refractivity (Wildman–Crippen MR) is 186 cm³/mol. The van der Waals surface area contributed by atoms with Crippen molar-refractivity contribution in [2.24, 2.45) is 10.8 Å². The maximum Gasteiger partial charge on any atom is 0.257 e. The molecular weight excluding hydrogens is 616 g/mol. The van der Waals surface area contributed by atoms with Gasteiger partial charge in [0.15, 0.2) is 0 Å². The fourth-order valence-corrected chi connectivity index (χ4v) is 5.59. The van der Waals surface area contributed by atoms with Crippen LogP contribution in [0.2, 0.25) is 0 Å². The van der Waals surface area contributed by atoms with Gasteiger partial charge < -0.3 is 15.7 Å². The fraction of sp³-hybridized carbons (Fsp3) is 0.444. The van der Waals surface area contributed by atoms with E-state index in [-0.39, 0.29) is 24.9 Å². The number of hydrazine groups is 1. The zero-order valence-electron chi connectivity index (χ0n) is 28.4. The van der Waals surface area contributed by atoms with Gasteiger partial charge in [0, 0.05) is 31.8 Å². The van der Waals surface area contributed by atoms with Crippen molar-refractivity contribution in [3.05, 3.63) is 90.1 Å². The second-order valence-corrected chi connectivity index (χ2v) is 14.3. The average Bonchev–Trinajstić information content (AvgIpc) is 2.99. The van der Waals surface area contributed by atoms with Gasteiger partial charge in [-0.3, -0.25) is 24.8 Å². The summed E-state index contributed by atoms with van der Waals surface area (Å²) in [5.41, 5.74) is 5.42. The number of aromatic nitrogens is 1. The second-order valence-electron chi connectivity index (χ2n) is 14.0. The van der Waals surface area contributed by atoms with Crippen LogP contribution in [0, 0.1) is 10.8 Å². The van der Waals surface area contributed by atoms with Crippen LogP contribution < -0.4 is 20.9 Å². The van der Waals surface area contributed by atoms with E-state index in [0.717, 1.165) is 22.4 Å². The van der Waals surface area contributed by atoms with Crippen LogP contribution in [-0.2, 0) is 27.3 Å². The molecule has 254 valence electrons. The van der Waals surface area contributed by atoms with Gasteiger partial charge in [-0.2, -0.15) is 0 Å². The van der Waals surface area contributed by atoms with Crippen LogP contribution in [0.1, 0.15) is 59.6 Å². The Bertz CT molecular complexity index is 1440. The van der Waals surface area contributed by atoms with E-state index < -0.39 is 41.0 Å². The van der Waals surface area contributed by atoms with Gasteiger partial charge in [-0.15, -0.1) is 0 Å². The number of benzene rings is 2. The lowest BCUT2D eigenvalue weighted by molar-refractivity contribution is -0.135. The second kappa shape index (κ2) is 16.8. The molecule has 10 nitrogen and oxygen atoms in total. The van der Waals surface area contributed by atoms with E-state index in [4.69, 9.17) is 11.8 Å². The molecule has 3 amide bonds. The summed E-state index contributed by atoms with van der Waals surface area (Å²) in [7, 11) is 0. The number of aliphatic hydroxyl groups excluding tert-OH is 1. The molecule has 0 spiro atoms. The zero-order chi connectivity index (χ0) is 34.8. The van der Waals surface area contributed by atoms with Gasteiger partial charge in [-0.25, -0.2) is 9.84 Å². The van der Waals surface area contributed by atoms with Crippen molar-refractivity contribution in [1.29, 1.82) is 0 Å². The molecule has 0 saturated heterocycles. The molecule has 4 atom stereocenters. The minimum absolute atomic E-state index is 0.0308. The van der Waals surface area contributed by atoms with Gasteiger partial charge in [-0.05, 0) is 52.3 Å². The van der Waals surface area contributed by atoms with Gasteiger partial charge in [0.2, 0.25) is 11.8 Å². The van der Waals surface area contributed by atoms with Crippen molar-refractivity contribution in [3.63, 3.8) is 0 Å². The van der Waals surface area contributed by atoms with Crippen LogP contribution >= 0.6 is 11.8 Å². The van der Waals surface area contributed by atoms with Crippen LogP contribution in [0.3, 0.4) is 0 Å². The Labute approximate surface area is 283 Å². The van der Waals surface area contributed by atoms with E-state index in [1.807, 2.05) is 114 Å². The molecule has 1 heterocycles. The smallest absolute Gasteiger partial charge is 0.257 e. The summed E-state index contributed by atoms with van der Waals surface area (Å²) >= 11 is 5.99. The maximum atomic E-state index is 13.7. The lowest BCUT2D eigenvalue weighted by atomic mass is 9.86. The quantitative estimate of drug-likeness (QED) is 0.128. The molecule has 1 aromatic heterocycles. The zero-order valence-corrected chi connectivity index (χ0v) is 29.1. The van der Waals surface area contributed by atoms with E-state index in [2.05, 4.69) is 25.9 Å². The van der Waals surface area contributed by atoms with Crippen molar-refractivity contribution in [3.8, 4) is 11.3 Å². The maximum absolute atomic E-state index is 13.7. The molecule has 5 N–H and O–H groups in total. The number of aliphatic hydroxyl groups is 1. The van der Waals surface area contributed by atoms with Crippen molar-refractivity contribution < 1.29 is 19.5 Å². The normalized spacial score (nSPS) is 14.5. The predicted octanol–water partition coefficient (Wildman–Crippen LogP) is 4.38. The van der Waals surface area contributed by atoms with Crippen molar-refractivity contribution in [1.82, 2.24) is 30.9 Å². The summed E-state index contributed by atoms with van der Waals surface area (Å²) < 4.78 is 0. The molecule has 3 aromatic rings.